The van der Waals surface area contributed by atoms with Gasteiger partial charge >= 0.3 is 5.97 Å². The molecule has 18 heavy (non-hydrogen) atoms. The first-order valence-corrected chi connectivity index (χ1v) is 6.30. The smallest absolute Gasteiger partial charge is 0.321 e. The molecule has 0 saturated heterocycles. The van der Waals surface area contributed by atoms with Gasteiger partial charge in [-0.3, -0.25) is 14.6 Å². The van der Waals surface area contributed by atoms with Crippen LogP contribution in [-0.4, -0.2) is 24.6 Å². The standard InChI is InChI=1S/C13H14BrNO3/c1-3-18-13(17)12(9(2)16)8-15-11-6-4-10(14)5-7-11/h4-8,12H,3H2,1-2H3. The number of ketones is 1. The third-order valence-corrected chi connectivity index (χ3v) is 2.71. The number of esters is 1. The van der Waals surface area contributed by atoms with Gasteiger partial charge in [0.2, 0.25) is 0 Å². The molecule has 1 unspecified atom stereocenters. The molecule has 0 saturated carbocycles. The summed E-state index contributed by atoms with van der Waals surface area (Å²) in [7, 11) is 0. The van der Waals surface area contributed by atoms with Crippen LogP contribution < -0.4 is 0 Å². The number of halogens is 1. The zero-order chi connectivity index (χ0) is 13.5. The molecular weight excluding hydrogens is 298 g/mol. The molecule has 0 N–H and O–H groups in total. The van der Waals surface area contributed by atoms with Crippen molar-refractivity contribution in [1.29, 1.82) is 0 Å². The van der Waals surface area contributed by atoms with Crippen LogP contribution in [0.2, 0.25) is 0 Å². The third kappa shape index (κ3) is 4.41. The summed E-state index contributed by atoms with van der Waals surface area (Å²) in [6, 6.07) is 7.23. The number of Topliss-reactive ketones (excluding diaryl/α,β-unsaturated/α-hetero) is 1. The van der Waals surface area contributed by atoms with E-state index in [0.29, 0.717) is 5.69 Å². The van der Waals surface area contributed by atoms with Crippen molar-refractivity contribution in [2.24, 2.45) is 10.9 Å². The number of hydrogen-bond donors (Lipinski definition) is 0. The monoisotopic (exact) mass is 311 g/mol. The maximum absolute atomic E-state index is 11.5. The van der Waals surface area contributed by atoms with Crippen molar-refractivity contribution in [2.75, 3.05) is 6.61 Å². The maximum Gasteiger partial charge on any atom is 0.321 e. The van der Waals surface area contributed by atoms with Gasteiger partial charge in [0.25, 0.3) is 0 Å². The van der Waals surface area contributed by atoms with Crippen LogP contribution in [0.3, 0.4) is 0 Å². The first-order chi connectivity index (χ1) is 8.54. The molecule has 1 aromatic carbocycles. The van der Waals surface area contributed by atoms with Gasteiger partial charge in [-0.2, -0.15) is 0 Å². The van der Waals surface area contributed by atoms with Gasteiger partial charge in [0.15, 0.2) is 5.92 Å². The van der Waals surface area contributed by atoms with E-state index in [9.17, 15) is 9.59 Å². The van der Waals surface area contributed by atoms with Crippen molar-refractivity contribution >= 4 is 39.6 Å². The first-order valence-electron chi connectivity index (χ1n) is 5.51. The van der Waals surface area contributed by atoms with Crippen molar-refractivity contribution in [3.8, 4) is 0 Å². The maximum atomic E-state index is 11.5. The molecule has 4 nitrogen and oxygen atoms in total. The average Bonchev–Trinajstić information content (AvgIpc) is 2.31. The van der Waals surface area contributed by atoms with Crippen molar-refractivity contribution < 1.29 is 14.3 Å². The fraction of sp³-hybridized carbons (Fsp3) is 0.308. The van der Waals surface area contributed by atoms with Crippen LogP contribution in [0, 0.1) is 5.92 Å². The minimum absolute atomic E-state index is 0.245. The fourth-order valence-corrected chi connectivity index (χ4v) is 1.52. The normalized spacial score (nSPS) is 12.4. The lowest BCUT2D eigenvalue weighted by Crippen LogP contribution is -2.25. The van der Waals surface area contributed by atoms with E-state index in [4.69, 9.17) is 4.74 Å². The number of rotatable bonds is 5. The lowest BCUT2D eigenvalue weighted by Gasteiger charge is -2.07. The van der Waals surface area contributed by atoms with E-state index in [0.717, 1.165) is 4.47 Å². The van der Waals surface area contributed by atoms with Gasteiger partial charge < -0.3 is 4.74 Å². The molecule has 5 heteroatoms. The molecule has 0 spiro atoms. The first kappa shape index (κ1) is 14.6. The summed E-state index contributed by atoms with van der Waals surface area (Å²) in [6.07, 6.45) is 1.32. The Morgan fingerprint density at radius 2 is 2.00 bits per heavy atom. The van der Waals surface area contributed by atoms with Crippen molar-refractivity contribution in [3.63, 3.8) is 0 Å². The highest BCUT2D eigenvalue weighted by Gasteiger charge is 2.22. The van der Waals surface area contributed by atoms with Gasteiger partial charge in [-0.05, 0) is 38.1 Å². The number of nitrogens with zero attached hydrogens (tertiary/aromatic N) is 1. The van der Waals surface area contributed by atoms with Crippen LogP contribution >= 0.6 is 15.9 Å². The number of carbonyl (C=O) groups excluding carboxylic acids is 2. The van der Waals surface area contributed by atoms with E-state index in [1.807, 2.05) is 12.1 Å². The number of ether oxygens (including phenoxy) is 1. The van der Waals surface area contributed by atoms with Gasteiger partial charge in [0.1, 0.15) is 5.78 Å². The summed E-state index contributed by atoms with van der Waals surface area (Å²) < 4.78 is 5.75. The van der Waals surface area contributed by atoms with E-state index < -0.39 is 11.9 Å². The molecule has 0 aromatic heterocycles. The summed E-state index contributed by atoms with van der Waals surface area (Å²) in [6.45, 7) is 3.28. The topological polar surface area (TPSA) is 55.7 Å². The predicted molar refractivity (Wildman–Crippen MR) is 73.1 cm³/mol. The zero-order valence-electron chi connectivity index (χ0n) is 10.2. The van der Waals surface area contributed by atoms with Gasteiger partial charge in [0.05, 0.1) is 12.3 Å². The molecule has 0 aliphatic heterocycles. The van der Waals surface area contributed by atoms with Crippen LogP contribution in [0.4, 0.5) is 5.69 Å². The summed E-state index contributed by atoms with van der Waals surface area (Å²) >= 11 is 3.31. The average molecular weight is 312 g/mol. The lowest BCUT2D eigenvalue weighted by atomic mass is 10.1. The molecular formula is C13H14BrNO3. The van der Waals surface area contributed by atoms with E-state index in [2.05, 4.69) is 20.9 Å². The van der Waals surface area contributed by atoms with Crippen molar-refractivity contribution in [1.82, 2.24) is 0 Å². The largest absolute Gasteiger partial charge is 0.465 e. The number of benzene rings is 1. The van der Waals surface area contributed by atoms with E-state index >= 15 is 0 Å². The Labute approximate surface area is 114 Å². The molecule has 96 valence electrons. The van der Waals surface area contributed by atoms with Gasteiger partial charge in [0, 0.05) is 10.7 Å². The van der Waals surface area contributed by atoms with Crippen LogP contribution in [0.15, 0.2) is 33.7 Å². The van der Waals surface area contributed by atoms with Gasteiger partial charge in [-0.25, -0.2) is 0 Å². The molecule has 1 atom stereocenters. The molecule has 0 fully saturated rings. The Balaban J connectivity index is 2.80. The molecule has 0 radical (unpaired) electrons. The van der Waals surface area contributed by atoms with Crippen LogP contribution in [0.25, 0.3) is 0 Å². The van der Waals surface area contributed by atoms with Crippen LogP contribution in [-0.2, 0) is 14.3 Å². The zero-order valence-corrected chi connectivity index (χ0v) is 11.8. The van der Waals surface area contributed by atoms with Gasteiger partial charge in [-0.1, -0.05) is 15.9 Å². The van der Waals surface area contributed by atoms with E-state index in [-0.39, 0.29) is 12.4 Å². The minimum atomic E-state index is -0.936. The molecule has 0 aliphatic carbocycles. The third-order valence-electron chi connectivity index (χ3n) is 2.18. The molecule has 0 aliphatic rings. The Hall–Kier alpha value is -1.49. The predicted octanol–water partition coefficient (Wildman–Crippen LogP) is 2.92. The number of hydrogen-bond acceptors (Lipinski definition) is 4. The highest BCUT2D eigenvalue weighted by Crippen LogP contribution is 2.16. The molecule has 0 heterocycles. The highest BCUT2D eigenvalue weighted by atomic mass is 79.9. The highest BCUT2D eigenvalue weighted by molar-refractivity contribution is 9.10. The Kier molecular flexibility index (Phi) is 5.71. The van der Waals surface area contributed by atoms with E-state index in [1.165, 1.54) is 13.1 Å². The second-order valence-corrected chi connectivity index (χ2v) is 4.51. The SMILES string of the molecule is CCOC(=O)C(C=Nc1ccc(Br)cc1)C(C)=O. The quantitative estimate of drug-likeness (QED) is 0.477. The molecule has 1 aromatic rings. The second-order valence-electron chi connectivity index (χ2n) is 3.59. The molecule has 0 bridgehead atoms. The van der Waals surface area contributed by atoms with Gasteiger partial charge in [-0.15, -0.1) is 0 Å². The minimum Gasteiger partial charge on any atom is -0.465 e. The number of carbonyl (C=O) groups is 2. The lowest BCUT2D eigenvalue weighted by molar-refractivity contribution is -0.148. The van der Waals surface area contributed by atoms with Crippen molar-refractivity contribution in [3.05, 3.63) is 28.7 Å². The number of aliphatic imine (C=N–C) groups is 1. The van der Waals surface area contributed by atoms with Crippen molar-refractivity contribution in [2.45, 2.75) is 13.8 Å². The second kappa shape index (κ2) is 7.06. The summed E-state index contributed by atoms with van der Waals surface area (Å²) in [5, 5.41) is 0. The Bertz CT molecular complexity index is 454. The summed E-state index contributed by atoms with van der Waals surface area (Å²) in [5.41, 5.74) is 0.675. The van der Waals surface area contributed by atoms with Crippen LogP contribution in [0.1, 0.15) is 13.8 Å². The molecule has 0 amide bonds. The summed E-state index contributed by atoms with van der Waals surface area (Å²) in [4.78, 5) is 27.0. The summed E-state index contributed by atoms with van der Waals surface area (Å²) in [5.74, 6) is -1.78. The Morgan fingerprint density at radius 1 is 1.39 bits per heavy atom. The van der Waals surface area contributed by atoms with E-state index in [1.54, 1.807) is 19.1 Å². The Morgan fingerprint density at radius 3 is 2.50 bits per heavy atom. The fourth-order valence-electron chi connectivity index (χ4n) is 1.25. The molecule has 1 rings (SSSR count). The van der Waals surface area contributed by atoms with Crippen LogP contribution in [0.5, 0.6) is 0 Å².